The quantitative estimate of drug-likeness (QED) is 0.0863. The number of phenolic OH excluding ortho intramolecular Hbond substituents is 1. The lowest BCUT2D eigenvalue weighted by Crippen LogP contribution is -2.61. The summed E-state index contributed by atoms with van der Waals surface area (Å²) in [4.78, 5) is 92.0. The van der Waals surface area contributed by atoms with Crippen LogP contribution >= 0.6 is 0 Å². The fourth-order valence-electron chi connectivity index (χ4n) is 5.85. The fourth-order valence-corrected chi connectivity index (χ4v) is 5.85. The van der Waals surface area contributed by atoms with E-state index >= 15 is 0 Å². The number of aromatic hydroxyl groups is 1. The van der Waals surface area contributed by atoms with Crippen molar-refractivity contribution in [1.82, 2.24) is 31.5 Å². The van der Waals surface area contributed by atoms with Crippen molar-refractivity contribution in [3.05, 3.63) is 65.7 Å². The number of aliphatic hydroxyl groups excluding tert-OH is 1. The molecule has 1 heterocycles. The highest BCUT2D eigenvalue weighted by molar-refractivity contribution is 5.97. The van der Waals surface area contributed by atoms with E-state index in [0.29, 0.717) is 12.0 Å². The number of aliphatic carboxylic acids is 1. The Bertz CT molecular complexity index is 1640. The third-order valence-corrected chi connectivity index (χ3v) is 8.95. The van der Waals surface area contributed by atoms with Crippen molar-refractivity contribution in [2.45, 2.75) is 95.7 Å². The maximum atomic E-state index is 14.0. The first kappa shape index (κ1) is 42.9. The molecule has 10 N–H and O–H groups in total. The van der Waals surface area contributed by atoms with Gasteiger partial charge in [0.05, 0.1) is 18.7 Å². The summed E-state index contributed by atoms with van der Waals surface area (Å²) >= 11 is 0. The van der Waals surface area contributed by atoms with E-state index in [-0.39, 0.29) is 31.6 Å². The van der Waals surface area contributed by atoms with Crippen molar-refractivity contribution >= 4 is 41.4 Å². The summed E-state index contributed by atoms with van der Waals surface area (Å²) in [5, 5.41) is 41.7. The number of hydrogen-bond donors (Lipinski definition) is 9. The number of nitrogens with two attached hydrogens (primary N) is 1. The molecule has 0 saturated carbocycles. The SMILES string of the molecule is CC(C)[C@H](NC(=O)[C@H](Cc1ccc(O)cc1)NC(=O)[C@@H](NC(=O)[C@@H](N)Cc1ccccc1)[C@@H](C)O)C(=O)N1CCC[C@H]1C(=O)NCC(=O)N[C@@H](C)C(=O)O. The van der Waals surface area contributed by atoms with Gasteiger partial charge in [-0.2, -0.15) is 0 Å². The van der Waals surface area contributed by atoms with Gasteiger partial charge >= 0.3 is 5.97 Å². The molecule has 3 rings (SSSR count). The van der Waals surface area contributed by atoms with Crippen LogP contribution < -0.4 is 32.3 Å². The number of carboxylic acid groups (broad SMARTS) is 1. The molecule has 2 aromatic rings. The van der Waals surface area contributed by atoms with Crippen LogP contribution in [0.25, 0.3) is 0 Å². The molecule has 2 aromatic carbocycles. The number of carboxylic acids is 1. The molecule has 0 radical (unpaired) electrons. The molecule has 7 atom stereocenters. The number of rotatable bonds is 18. The number of benzene rings is 2. The largest absolute Gasteiger partial charge is 0.508 e. The second-order valence-corrected chi connectivity index (χ2v) is 13.7. The van der Waals surface area contributed by atoms with Crippen molar-refractivity contribution in [2.24, 2.45) is 11.7 Å². The second kappa shape index (κ2) is 20.1. The summed E-state index contributed by atoms with van der Waals surface area (Å²) in [6.07, 6.45) is -0.596. The van der Waals surface area contributed by atoms with Crippen LogP contribution in [0.2, 0.25) is 0 Å². The topological polar surface area (TPSA) is 270 Å². The molecule has 0 unspecified atom stereocenters. The van der Waals surface area contributed by atoms with Crippen LogP contribution in [0, 0.1) is 5.92 Å². The van der Waals surface area contributed by atoms with Crippen LogP contribution in [0.4, 0.5) is 0 Å². The average molecular weight is 754 g/mol. The van der Waals surface area contributed by atoms with Gasteiger partial charge in [-0.15, -0.1) is 0 Å². The molecule has 1 saturated heterocycles. The number of phenols is 1. The Labute approximate surface area is 313 Å². The third-order valence-electron chi connectivity index (χ3n) is 8.95. The van der Waals surface area contributed by atoms with Crippen molar-refractivity contribution in [3.8, 4) is 5.75 Å². The molecule has 1 aliphatic rings. The van der Waals surface area contributed by atoms with Crippen LogP contribution in [0.5, 0.6) is 5.75 Å². The summed E-state index contributed by atoms with van der Waals surface area (Å²) in [5.74, 6) is -6.06. The Kier molecular flexibility index (Phi) is 15.9. The first-order valence-electron chi connectivity index (χ1n) is 17.7. The predicted octanol–water partition coefficient (Wildman–Crippen LogP) is -1.31. The molecule has 1 fully saturated rings. The number of aliphatic hydroxyl groups is 1. The van der Waals surface area contributed by atoms with Gasteiger partial charge in [-0.3, -0.25) is 33.6 Å². The number of carbonyl (C=O) groups is 7. The zero-order valence-corrected chi connectivity index (χ0v) is 30.8. The summed E-state index contributed by atoms with van der Waals surface area (Å²) in [5.41, 5.74) is 7.42. The van der Waals surface area contributed by atoms with E-state index in [1.807, 2.05) is 6.07 Å². The number of nitrogens with one attached hydrogen (secondary N) is 5. The molecular weight excluding hydrogens is 702 g/mol. The molecule has 54 heavy (non-hydrogen) atoms. The lowest BCUT2D eigenvalue weighted by Gasteiger charge is -2.32. The number of nitrogens with zero attached hydrogens (tertiary/aromatic N) is 1. The van der Waals surface area contributed by atoms with E-state index in [1.54, 1.807) is 50.2 Å². The average Bonchev–Trinajstić information content (AvgIpc) is 3.62. The minimum absolute atomic E-state index is 0.0300. The summed E-state index contributed by atoms with van der Waals surface area (Å²) < 4.78 is 0. The summed E-state index contributed by atoms with van der Waals surface area (Å²) in [6.45, 7) is 5.62. The lowest BCUT2D eigenvalue weighted by atomic mass is 9.99. The summed E-state index contributed by atoms with van der Waals surface area (Å²) in [7, 11) is 0. The van der Waals surface area contributed by atoms with Crippen LogP contribution in [-0.2, 0) is 46.4 Å². The normalized spacial score (nSPS) is 17.2. The molecule has 0 bridgehead atoms. The van der Waals surface area contributed by atoms with Crippen LogP contribution in [0.3, 0.4) is 0 Å². The molecular formula is C37H51N7O10. The molecule has 0 spiro atoms. The van der Waals surface area contributed by atoms with E-state index in [4.69, 9.17) is 10.8 Å². The minimum atomic E-state index is -1.50. The molecule has 6 amide bonds. The first-order valence-corrected chi connectivity index (χ1v) is 17.7. The Morgan fingerprint density at radius 2 is 1.41 bits per heavy atom. The predicted molar refractivity (Wildman–Crippen MR) is 195 cm³/mol. The van der Waals surface area contributed by atoms with Crippen molar-refractivity contribution in [1.29, 1.82) is 0 Å². The van der Waals surface area contributed by atoms with Gasteiger partial charge in [0.2, 0.25) is 35.4 Å². The van der Waals surface area contributed by atoms with Gasteiger partial charge < -0.3 is 52.5 Å². The highest BCUT2D eigenvalue weighted by atomic mass is 16.4. The Morgan fingerprint density at radius 1 is 0.796 bits per heavy atom. The number of amides is 6. The van der Waals surface area contributed by atoms with E-state index in [0.717, 1.165) is 5.56 Å². The Morgan fingerprint density at radius 3 is 2.00 bits per heavy atom. The van der Waals surface area contributed by atoms with Crippen molar-refractivity contribution in [2.75, 3.05) is 13.1 Å². The van der Waals surface area contributed by atoms with Gasteiger partial charge in [0.1, 0.15) is 36.0 Å². The smallest absolute Gasteiger partial charge is 0.325 e. The van der Waals surface area contributed by atoms with Crippen molar-refractivity contribution in [3.63, 3.8) is 0 Å². The molecule has 0 aromatic heterocycles. The zero-order chi connectivity index (χ0) is 40.1. The van der Waals surface area contributed by atoms with E-state index in [9.17, 15) is 43.8 Å². The van der Waals surface area contributed by atoms with Gasteiger partial charge in [-0.1, -0.05) is 56.3 Å². The highest BCUT2D eigenvalue weighted by Crippen LogP contribution is 2.21. The molecule has 1 aliphatic heterocycles. The standard InChI is InChI=1S/C37H51N7O10/c1-20(2)30(36(52)44-16-8-11-28(44)34(50)39-19-29(47)40-21(3)37(53)54)42-33(49)27(18-24-12-14-25(46)15-13-24)41-35(51)31(22(4)45)43-32(48)26(38)17-23-9-6-5-7-10-23/h5-7,9-10,12-15,20-22,26-28,30-31,45-46H,8,11,16-19,38H2,1-4H3,(H,39,50)(H,40,47)(H,41,51)(H,42,49)(H,43,48)(H,53,54)/t21-,22+,26-,27-,28-,30-,31-/m0/s1. The number of carbonyl (C=O) groups excluding carboxylic acids is 6. The summed E-state index contributed by atoms with van der Waals surface area (Å²) in [6, 6.07) is 7.68. The Hall–Kier alpha value is -5.55. The van der Waals surface area contributed by atoms with Crippen LogP contribution in [-0.4, -0.2) is 117 Å². The molecule has 17 heteroatoms. The number of hydrogen-bond acceptors (Lipinski definition) is 10. The molecule has 0 aliphatic carbocycles. The van der Waals surface area contributed by atoms with Gasteiger partial charge in [0.15, 0.2) is 0 Å². The highest BCUT2D eigenvalue weighted by Gasteiger charge is 2.40. The maximum Gasteiger partial charge on any atom is 0.325 e. The maximum absolute atomic E-state index is 14.0. The monoisotopic (exact) mass is 753 g/mol. The molecule has 294 valence electrons. The Balaban J connectivity index is 1.76. The van der Waals surface area contributed by atoms with E-state index < -0.39 is 96.2 Å². The van der Waals surface area contributed by atoms with Gasteiger partial charge in [0, 0.05) is 13.0 Å². The van der Waals surface area contributed by atoms with E-state index in [1.165, 1.54) is 30.9 Å². The lowest BCUT2D eigenvalue weighted by molar-refractivity contribution is -0.143. The number of likely N-dealkylation sites (tertiary alicyclic amines) is 1. The second-order valence-electron chi connectivity index (χ2n) is 13.7. The first-order chi connectivity index (χ1) is 25.5. The van der Waals surface area contributed by atoms with Gasteiger partial charge in [-0.05, 0) is 62.3 Å². The van der Waals surface area contributed by atoms with Crippen molar-refractivity contribution < 1.29 is 48.9 Å². The van der Waals surface area contributed by atoms with Crippen LogP contribution in [0.15, 0.2) is 54.6 Å². The third kappa shape index (κ3) is 12.5. The van der Waals surface area contributed by atoms with E-state index in [2.05, 4.69) is 26.6 Å². The minimum Gasteiger partial charge on any atom is -0.508 e. The zero-order valence-electron chi connectivity index (χ0n) is 30.8. The molecule has 17 nitrogen and oxygen atoms in total. The van der Waals surface area contributed by atoms with Gasteiger partial charge in [-0.25, -0.2) is 0 Å². The van der Waals surface area contributed by atoms with Gasteiger partial charge in [0.25, 0.3) is 0 Å². The van der Waals surface area contributed by atoms with Crippen LogP contribution in [0.1, 0.15) is 51.7 Å². The fraction of sp³-hybridized carbons (Fsp3) is 0.486.